The van der Waals surface area contributed by atoms with E-state index in [2.05, 4.69) is 6.58 Å². The molecule has 0 aromatic rings. The Morgan fingerprint density at radius 1 is 1.31 bits per heavy atom. The van der Waals surface area contributed by atoms with Gasteiger partial charge in [-0.15, -0.1) is 0 Å². The van der Waals surface area contributed by atoms with Crippen LogP contribution in [0.25, 0.3) is 0 Å². The van der Waals surface area contributed by atoms with Gasteiger partial charge in [0.25, 0.3) is 0 Å². The number of allylic oxidation sites excluding steroid dienone is 1. The first-order chi connectivity index (χ1) is 12.2. The zero-order valence-electron chi connectivity index (χ0n) is 15.6. The maximum Gasteiger partial charge on any atom is 0.337 e. The third-order valence-electron chi connectivity index (χ3n) is 5.54. The molecule has 3 rings (SSSR count). The highest BCUT2D eigenvalue weighted by molar-refractivity contribution is 5.93. The number of Topliss-reactive ketones (excluding diaryl/α,β-unsaturated/α-hetero) is 2. The highest BCUT2D eigenvalue weighted by atomic mass is 16.6. The molecule has 0 aromatic heterocycles. The summed E-state index contributed by atoms with van der Waals surface area (Å²) in [7, 11) is 1.55. The number of methoxy groups -OCH3 is 1. The number of carbonyl (C=O) groups excluding carboxylic acids is 3. The Hall–Kier alpha value is -1.79. The van der Waals surface area contributed by atoms with Gasteiger partial charge in [-0.2, -0.15) is 0 Å². The van der Waals surface area contributed by atoms with Gasteiger partial charge in [0, 0.05) is 32.8 Å². The molecule has 0 radical (unpaired) electrons. The van der Waals surface area contributed by atoms with Crippen LogP contribution < -0.4 is 0 Å². The summed E-state index contributed by atoms with van der Waals surface area (Å²) >= 11 is 0. The van der Waals surface area contributed by atoms with E-state index in [0.29, 0.717) is 18.4 Å². The SMILES string of the molecule is C=C(C)[C@@H]1CC(=O)C[C@@H]2OC(C)(CC2=O)CC2C=C(C(=O)O2)[C@H](OC)C1. The normalized spacial score (nSPS) is 38.1. The minimum atomic E-state index is -0.733. The van der Waals surface area contributed by atoms with Crippen molar-refractivity contribution in [3.05, 3.63) is 23.8 Å². The number of ketones is 2. The van der Waals surface area contributed by atoms with Gasteiger partial charge in [0.05, 0.1) is 17.3 Å². The molecule has 2 unspecified atom stereocenters. The molecule has 3 aliphatic rings. The van der Waals surface area contributed by atoms with Gasteiger partial charge in [-0.1, -0.05) is 12.2 Å². The van der Waals surface area contributed by atoms with Crippen molar-refractivity contribution < 1.29 is 28.6 Å². The number of ether oxygens (including phenoxy) is 3. The maximum atomic E-state index is 12.5. The van der Waals surface area contributed by atoms with E-state index in [0.717, 1.165) is 5.57 Å². The molecule has 26 heavy (non-hydrogen) atoms. The molecule has 6 heteroatoms. The van der Waals surface area contributed by atoms with Gasteiger partial charge in [0.2, 0.25) is 0 Å². The van der Waals surface area contributed by atoms with Crippen LogP contribution in [-0.2, 0) is 28.6 Å². The number of hydrogen-bond donors (Lipinski definition) is 0. The Morgan fingerprint density at radius 2 is 2.04 bits per heavy atom. The van der Waals surface area contributed by atoms with E-state index in [-0.39, 0.29) is 36.7 Å². The molecule has 1 fully saturated rings. The summed E-state index contributed by atoms with van der Waals surface area (Å²) in [6, 6.07) is 0. The molecule has 1 saturated heterocycles. The number of carbonyl (C=O) groups is 3. The molecular formula is C20H26O6. The Labute approximate surface area is 153 Å². The largest absolute Gasteiger partial charge is 0.455 e. The average Bonchev–Trinajstić information content (AvgIpc) is 3.02. The second-order valence-corrected chi connectivity index (χ2v) is 7.92. The van der Waals surface area contributed by atoms with Crippen molar-refractivity contribution in [2.45, 2.75) is 69.9 Å². The Balaban J connectivity index is 1.94. The smallest absolute Gasteiger partial charge is 0.337 e. The average molecular weight is 362 g/mol. The summed E-state index contributed by atoms with van der Waals surface area (Å²) in [6.45, 7) is 7.68. The molecule has 0 spiro atoms. The first-order valence-electron chi connectivity index (χ1n) is 9.04. The van der Waals surface area contributed by atoms with Crippen molar-refractivity contribution in [1.82, 2.24) is 0 Å². The molecule has 3 heterocycles. The molecule has 142 valence electrons. The van der Waals surface area contributed by atoms with Crippen molar-refractivity contribution in [1.29, 1.82) is 0 Å². The minimum absolute atomic E-state index is 0.0311. The lowest BCUT2D eigenvalue weighted by atomic mass is 9.86. The van der Waals surface area contributed by atoms with Crippen LogP contribution in [0.3, 0.4) is 0 Å². The van der Waals surface area contributed by atoms with Crippen molar-refractivity contribution in [2.24, 2.45) is 5.92 Å². The van der Waals surface area contributed by atoms with Gasteiger partial charge >= 0.3 is 5.97 Å². The first-order valence-corrected chi connectivity index (χ1v) is 9.04. The van der Waals surface area contributed by atoms with Gasteiger partial charge in [0.1, 0.15) is 18.0 Å². The second-order valence-electron chi connectivity index (χ2n) is 7.92. The van der Waals surface area contributed by atoms with Crippen LogP contribution in [-0.4, -0.2) is 48.6 Å². The minimum Gasteiger partial charge on any atom is -0.455 e. The van der Waals surface area contributed by atoms with E-state index in [9.17, 15) is 14.4 Å². The van der Waals surface area contributed by atoms with Crippen LogP contribution in [0, 0.1) is 5.92 Å². The van der Waals surface area contributed by atoms with Crippen molar-refractivity contribution >= 4 is 17.5 Å². The van der Waals surface area contributed by atoms with Crippen LogP contribution in [0.1, 0.15) is 46.0 Å². The molecule has 0 aromatic carbocycles. The topological polar surface area (TPSA) is 78.9 Å². The van der Waals surface area contributed by atoms with Crippen LogP contribution in [0.4, 0.5) is 0 Å². The van der Waals surface area contributed by atoms with E-state index in [1.165, 1.54) is 0 Å². The quantitative estimate of drug-likeness (QED) is 0.554. The van der Waals surface area contributed by atoms with Crippen molar-refractivity contribution in [3.63, 3.8) is 0 Å². The van der Waals surface area contributed by atoms with Gasteiger partial charge < -0.3 is 14.2 Å². The van der Waals surface area contributed by atoms with E-state index in [1.54, 1.807) is 13.2 Å². The summed E-state index contributed by atoms with van der Waals surface area (Å²) in [5.41, 5.74) is 0.589. The Morgan fingerprint density at radius 3 is 2.69 bits per heavy atom. The second kappa shape index (κ2) is 7.08. The third-order valence-corrected chi connectivity index (χ3v) is 5.54. The number of fused-ring (bicyclic) bond motifs is 3. The molecule has 3 aliphatic heterocycles. The van der Waals surface area contributed by atoms with Crippen LogP contribution >= 0.6 is 0 Å². The highest BCUT2D eigenvalue weighted by Crippen LogP contribution is 2.38. The van der Waals surface area contributed by atoms with E-state index in [4.69, 9.17) is 14.2 Å². The van der Waals surface area contributed by atoms with Gasteiger partial charge in [-0.05, 0) is 32.3 Å². The molecule has 6 nitrogen and oxygen atoms in total. The summed E-state index contributed by atoms with van der Waals surface area (Å²) in [6.07, 6.45) is 1.59. The fourth-order valence-electron chi connectivity index (χ4n) is 4.11. The molecule has 0 N–H and O–H groups in total. The number of esters is 1. The van der Waals surface area contributed by atoms with Gasteiger partial charge in [-0.3, -0.25) is 9.59 Å². The number of rotatable bonds is 2. The lowest BCUT2D eigenvalue weighted by Crippen LogP contribution is -2.31. The third kappa shape index (κ3) is 3.81. The zero-order valence-corrected chi connectivity index (χ0v) is 15.6. The van der Waals surface area contributed by atoms with E-state index < -0.39 is 29.9 Å². The zero-order chi connectivity index (χ0) is 19.1. The molecular weight excluding hydrogens is 336 g/mol. The molecule has 0 amide bonds. The molecule has 5 atom stereocenters. The van der Waals surface area contributed by atoms with Crippen molar-refractivity contribution in [3.8, 4) is 0 Å². The summed E-state index contributed by atoms with van der Waals surface area (Å²) in [5, 5.41) is 0. The highest BCUT2D eigenvalue weighted by Gasteiger charge is 2.46. The molecule has 4 bridgehead atoms. The summed E-state index contributed by atoms with van der Waals surface area (Å²) < 4.78 is 17.0. The van der Waals surface area contributed by atoms with Crippen LogP contribution in [0.2, 0.25) is 0 Å². The van der Waals surface area contributed by atoms with Gasteiger partial charge in [0.15, 0.2) is 5.78 Å². The monoisotopic (exact) mass is 362 g/mol. The lowest BCUT2D eigenvalue weighted by molar-refractivity contribution is -0.144. The number of hydrogen-bond acceptors (Lipinski definition) is 6. The maximum absolute atomic E-state index is 12.5. The Kier molecular flexibility index (Phi) is 5.17. The first kappa shape index (κ1) is 19.0. The molecule has 0 saturated carbocycles. The Bertz CT molecular complexity index is 678. The van der Waals surface area contributed by atoms with Crippen LogP contribution in [0.5, 0.6) is 0 Å². The predicted molar refractivity (Wildman–Crippen MR) is 93.4 cm³/mol. The van der Waals surface area contributed by atoms with Crippen LogP contribution in [0.15, 0.2) is 23.8 Å². The van der Waals surface area contributed by atoms with E-state index in [1.807, 2.05) is 13.8 Å². The fraction of sp³-hybridized carbons (Fsp3) is 0.650. The predicted octanol–water partition coefficient (Wildman–Crippen LogP) is 2.31. The summed E-state index contributed by atoms with van der Waals surface area (Å²) in [4.78, 5) is 37.2. The lowest BCUT2D eigenvalue weighted by Gasteiger charge is -2.26. The van der Waals surface area contributed by atoms with Gasteiger partial charge in [-0.25, -0.2) is 4.79 Å². The van der Waals surface area contributed by atoms with E-state index >= 15 is 0 Å². The van der Waals surface area contributed by atoms with Crippen molar-refractivity contribution in [2.75, 3.05) is 7.11 Å². The summed E-state index contributed by atoms with van der Waals surface area (Å²) in [5.74, 6) is -0.636. The molecule has 0 aliphatic carbocycles. The standard InChI is InChI=1S/C20H26O6/c1-11(2)12-5-13(21)7-18-16(22)10-20(3,26-18)9-14-8-15(19(23)25-14)17(6-12)24-4/h8,12,14,17-18H,1,5-7,9-10H2,2-4H3/t12-,14?,17-,18+,20?/m1/s1. The fourth-order valence-corrected chi connectivity index (χ4v) is 4.11.